The van der Waals surface area contributed by atoms with E-state index in [2.05, 4.69) is 25.7 Å². The molecule has 0 aliphatic heterocycles. The molecule has 2 aromatic heterocycles. The Bertz CT molecular complexity index is 1280. The Labute approximate surface area is 191 Å². The van der Waals surface area contributed by atoms with Crippen molar-refractivity contribution in [1.82, 2.24) is 24.9 Å². The van der Waals surface area contributed by atoms with E-state index in [-0.39, 0.29) is 17.3 Å². The highest BCUT2D eigenvalue weighted by Crippen LogP contribution is 2.26. The Hall–Kier alpha value is -3.80. The Morgan fingerprint density at radius 3 is 2.67 bits per heavy atom. The number of anilines is 1. The fourth-order valence-corrected chi connectivity index (χ4v) is 3.72. The third-order valence-electron chi connectivity index (χ3n) is 4.54. The smallest absolute Gasteiger partial charge is 0.296 e. The summed E-state index contributed by atoms with van der Waals surface area (Å²) < 4.78 is 39.0. The number of rotatable bonds is 8. The summed E-state index contributed by atoms with van der Waals surface area (Å²) in [4.78, 5) is 16.6. The van der Waals surface area contributed by atoms with Gasteiger partial charge in [-0.3, -0.25) is 9.36 Å². The van der Waals surface area contributed by atoms with Gasteiger partial charge in [-0.05, 0) is 43.3 Å². The number of nitrogens with zero attached hydrogens (tertiary/aromatic N) is 5. The molecule has 2 aromatic carbocycles. The van der Waals surface area contributed by atoms with Crippen molar-refractivity contribution < 1.29 is 22.8 Å². The van der Waals surface area contributed by atoms with Gasteiger partial charge in [0.1, 0.15) is 17.4 Å². The highest BCUT2D eigenvalue weighted by Gasteiger charge is 2.20. The minimum atomic E-state index is -0.851. The zero-order chi connectivity index (χ0) is 23.4. The Kier molecular flexibility index (Phi) is 6.63. The van der Waals surface area contributed by atoms with E-state index in [1.165, 1.54) is 0 Å². The zero-order valence-electron chi connectivity index (χ0n) is 17.6. The van der Waals surface area contributed by atoms with E-state index >= 15 is 0 Å². The van der Waals surface area contributed by atoms with E-state index in [9.17, 15) is 13.6 Å². The number of halogens is 2. The van der Waals surface area contributed by atoms with Crippen LogP contribution in [0.2, 0.25) is 0 Å². The molecule has 1 amide bonds. The van der Waals surface area contributed by atoms with Gasteiger partial charge in [0.2, 0.25) is 17.6 Å². The monoisotopic (exact) mass is 472 g/mol. The molecule has 0 saturated carbocycles. The van der Waals surface area contributed by atoms with Crippen LogP contribution in [0, 0.1) is 11.6 Å². The number of aromatic nitrogens is 5. The second kappa shape index (κ2) is 9.77. The van der Waals surface area contributed by atoms with Crippen LogP contribution in [0.5, 0.6) is 5.75 Å². The molecular formula is C21H18F2N6O3S. The molecule has 0 aliphatic carbocycles. The molecule has 170 valence electrons. The molecule has 9 nitrogen and oxygen atoms in total. The van der Waals surface area contributed by atoms with Gasteiger partial charge in [0.15, 0.2) is 5.16 Å². The van der Waals surface area contributed by atoms with E-state index in [1.54, 1.807) is 23.8 Å². The summed E-state index contributed by atoms with van der Waals surface area (Å²) in [7, 11) is 1.58. The van der Waals surface area contributed by atoms with Crippen LogP contribution in [0.25, 0.3) is 23.1 Å². The van der Waals surface area contributed by atoms with Crippen LogP contribution in [0.1, 0.15) is 6.92 Å². The van der Waals surface area contributed by atoms with Crippen LogP contribution in [-0.4, -0.2) is 43.7 Å². The molecule has 0 bridgehead atoms. The van der Waals surface area contributed by atoms with Crippen molar-refractivity contribution in [2.45, 2.75) is 18.6 Å². The largest absolute Gasteiger partial charge is 0.497 e. The number of hydrogen-bond donors (Lipinski definition) is 1. The van der Waals surface area contributed by atoms with Gasteiger partial charge in [-0.2, -0.15) is 4.98 Å². The summed E-state index contributed by atoms with van der Waals surface area (Å²) in [5.74, 6) is -0.477. The lowest BCUT2D eigenvalue weighted by molar-refractivity contribution is -0.113. The summed E-state index contributed by atoms with van der Waals surface area (Å²) in [6, 6.07) is 10.1. The number of amides is 1. The molecule has 1 N–H and O–H groups in total. The van der Waals surface area contributed by atoms with E-state index in [1.807, 2.05) is 19.1 Å². The van der Waals surface area contributed by atoms with Crippen molar-refractivity contribution in [3.05, 3.63) is 54.1 Å². The Balaban J connectivity index is 1.46. The molecule has 0 spiro atoms. The molecular weight excluding hydrogens is 454 g/mol. The predicted octanol–water partition coefficient (Wildman–Crippen LogP) is 4.03. The third kappa shape index (κ3) is 5.00. The van der Waals surface area contributed by atoms with E-state index in [0.717, 1.165) is 29.5 Å². The minimum absolute atomic E-state index is 0.0596. The highest BCUT2D eigenvalue weighted by molar-refractivity contribution is 7.99. The van der Waals surface area contributed by atoms with Gasteiger partial charge in [-0.1, -0.05) is 16.9 Å². The average molecular weight is 472 g/mol. The zero-order valence-corrected chi connectivity index (χ0v) is 18.4. The van der Waals surface area contributed by atoms with Crippen LogP contribution in [-0.2, 0) is 11.3 Å². The van der Waals surface area contributed by atoms with Crippen molar-refractivity contribution >= 4 is 23.4 Å². The average Bonchev–Trinajstić information content (AvgIpc) is 3.46. The van der Waals surface area contributed by atoms with Crippen molar-refractivity contribution in [1.29, 1.82) is 0 Å². The molecule has 2 heterocycles. The molecule has 0 unspecified atom stereocenters. The van der Waals surface area contributed by atoms with Gasteiger partial charge >= 0.3 is 0 Å². The maximum Gasteiger partial charge on any atom is 0.296 e. The predicted molar refractivity (Wildman–Crippen MR) is 117 cm³/mol. The number of ether oxygens (including phenoxy) is 1. The fraction of sp³-hybridized carbons (Fsp3) is 0.190. The lowest BCUT2D eigenvalue weighted by atomic mass is 10.2. The second-order valence-electron chi connectivity index (χ2n) is 6.66. The normalized spacial score (nSPS) is 10.9. The van der Waals surface area contributed by atoms with Crippen molar-refractivity contribution in [2.75, 3.05) is 18.2 Å². The summed E-state index contributed by atoms with van der Waals surface area (Å²) in [5.41, 5.74) is 0.643. The molecule has 4 rings (SSSR count). The van der Waals surface area contributed by atoms with E-state index < -0.39 is 17.5 Å². The Morgan fingerprint density at radius 2 is 1.97 bits per heavy atom. The summed E-state index contributed by atoms with van der Waals surface area (Å²) in [5, 5.41) is 15.1. The summed E-state index contributed by atoms with van der Waals surface area (Å²) >= 11 is 1.11. The number of benzene rings is 2. The maximum absolute atomic E-state index is 13.7. The Morgan fingerprint density at radius 1 is 1.18 bits per heavy atom. The van der Waals surface area contributed by atoms with Crippen LogP contribution in [0.15, 0.2) is 52.1 Å². The molecule has 0 saturated heterocycles. The summed E-state index contributed by atoms with van der Waals surface area (Å²) in [6.45, 7) is 2.37. The van der Waals surface area contributed by atoms with Gasteiger partial charge in [0, 0.05) is 18.2 Å². The van der Waals surface area contributed by atoms with Crippen LogP contribution in [0.4, 0.5) is 14.5 Å². The topological polar surface area (TPSA) is 108 Å². The number of carbonyl (C=O) groups excluding carboxylic acids is 1. The highest BCUT2D eigenvalue weighted by atomic mass is 32.2. The summed E-state index contributed by atoms with van der Waals surface area (Å²) in [6.07, 6.45) is 0. The van der Waals surface area contributed by atoms with Gasteiger partial charge in [-0.25, -0.2) is 8.78 Å². The lowest BCUT2D eigenvalue weighted by Gasteiger charge is -2.07. The first-order chi connectivity index (χ1) is 16.0. The van der Waals surface area contributed by atoms with Crippen molar-refractivity contribution in [3.8, 4) is 28.9 Å². The molecule has 33 heavy (non-hydrogen) atoms. The molecule has 0 atom stereocenters. The van der Waals surface area contributed by atoms with Gasteiger partial charge in [-0.15, -0.1) is 10.2 Å². The lowest BCUT2D eigenvalue weighted by Crippen LogP contribution is -2.15. The number of hydrogen-bond acceptors (Lipinski definition) is 8. The number of nitrogens with one attached hydrogen (secondary N) is 1. The molecule has 12 heteroatoms. The molecule has 0 fully saturated rings. The number of methoxy groups -OCH3 is 1. The van der Waals surface area contributed by atoms with Crippen LogP contribution >= 0.6 is 11.8 Å². The van der Waals surface area contributed by atoms with Crippen molar-refractivity contribution in [3.63, 3.8) is 0 Å². The third-order valence-corrected chi connectivity index (χ3v) is 5.50. The van der Waals surface area contributed by atoms with E-state index in [4.69, 9.17) is 9.26 Å². The van der Waals surface area contributed by atoms with Crippen LogP contribution < -0.4 is 10.1 Å². The fourth-order valence-electron chi connectivity index (χ4n) is 2.92. The molecule has 0 radical (unpaired) electrons. The van der Waals surface area contributed by atoms with Gasteiger partial charge in [0.25, 0.3) is 5.89 Å². The van der Waals surface area contributed by atoms with Crippen molar-refractivity contribution in [2.24, 2.45) is 0 Å². The standard InChI is InChI=1S/C21H18F2N6O3S/c1-3-29-19(20-25-18(28-32-20)12-4-7-14(31-2)8-5-12)26-27-21(29)33-11-17(30)24-16-9-6-13(22)10-15(16)23/h4-10H,3,11H2,1-2H3,(H,24,30). The first-order valence-electron chi connectivity index (χ1n) is 9.78. The molecule has 0 aliphatic rings. The quantitative estimate of drug-likeness (QED) is 0.383. The maximum atomic E-state index is 13.7. The molecule has 4 aromatic rings. The number of carbonyl (C=O) groups is 1. The number of thioether (sulfide) groups is 1. The SMILES string of the molecule is CCn1c(SCC(=O)Nc2ccc(F)cc2F)nnc1-c1nc(-c2ccc(OC)cc2)no1. The first-order valence-corrected chi connectivity index (χ1v) is 10.8. The van der Waals surface area contributed by atoms with Gasteiger partial charge < -0.3 is 14.6 Å². The van der Waals surface area contributed by atoms with E-state index in [0.29, 0.717) is 35.2 Å². The first kappa shape index (κ1) is 22.4. The minimum Gasteiger partial charge on any atom is -0.497 e. The second-order valence-corrected chi connectivity index (χ2v) is 7.61. The van der Waals surface area contributed by atoms with Gasteiger partial charge in [0.05, 0.1) is 18.6 Å². The van der Waals surface area contributed by atoms with Crippen LogP contribution in [0.3, 0.4) is 0 Å².